The number of methoxy groups -OCH3 is 1. The van der Waals surface area contributed by atoms with Crippen molar-refractivity contribution in [2.45, 2.75) is 0 Å². The number of phenols is 1. The van der Waals surface area contributed by atoms with E-state index in [1.165, 1.54) is 25.3 Å². The number of para-hydroxylation sites is 2. The molecule has 0 aliphatic heterocycles. The van der Waals surface area contributed by atoms with Crippen LogP contribution in [0.1, 0.15) is 10.4 Å². The van der Waals surface area contributed by atoms with Crippen molar-refractivity contribution in [1.82, 2.24) is 0 Å². The van der Waals surface area contributed by atoms with Gasteiger partial charge in [0, 0.05) is 0 Å². The first-order valence-electron chi connectivity index (χ1n) is 8.96. The molecule has 8 heteroatoms. The predicted molar refractivity (Wildman–Crippen MR) is 111 cm³/mol. The molecule has 0 atom stereocenters. The lowest BCUT2D eigenvalue weighted by Gasteiger charge is -2.10. The van der Waals surface area contributed by atoms with Gasteiger partial charge in [-0.1, -0.05) is 24.3 Å². The van der Waals surface area contributed by atoms with Crippen LogP contribution >= 0.6 is 0 Å². The van der Waals surface area contributed by atoms with Crippen LogP contribution in [0.2, 0.25) is 0 Å². The standard InChI is InChI=1S/C22H19N3O5/c1-29-20-9-5-4-8-19(20)23-21(27)14-30-22(28)17-6-2-3-7-18(17)25-24-15-10-12-16(26)13-11-15/h2-13,26H,14H2,1H3,(H,23,27). The lowest BCUT2D eigenvalue weighted by molar-refractivity contribution is -0.119. The summed E-state index contributed by atoms with van der Waals surface area (Å²) in [6.07, 6.45) is 0. The normalized spacial score (nSPS) is 10.6. The van der Waals surface area contributed by atoms with E-state index in [-0.39, 0.29) is 11.3 Å². The average molecular weight is 405 g/mol. The number of anilines is 1. The van der Waals surface area contributed by atoms with Gasteiger partial charge >= 0.3 is 5.97 Å². The maximum Gasteiger partial charge on any atom is 0.340 e. The van der Waals surface area contributed by atoms with Crippen molar-refractivity contribution in [1.29, 1.82) is 0 Å². The van der Waals surface area contributed by atoms with E-state index < -0.39 is 18.5 Å². The largest absolute Gasteiger partial charge is 0.508 e. The first-order valence-corrected chi connectivity index (χ1v) is 8.96. The molecule has 0 aliphatic rings. The molecule has 0 fully saturated rings. The third-order valence-corrected chi connectivity index (χ3v) is 3.96. The summed E-state index contributed by atoms with van der Waals surface area (Å²) in [6.45, 7) is -0.472. The third kappa shape index (κ3) is 5.41. The van der Waals surface area contributed by atoms with Crippen molar-refractivity contribution >= 4 is 28.9 Å². The Labute approximate surface area is 172 Å². The summed E-state index contributed by atoms with van der Waals surface area (Å²) in [4.78, 5) is 24.6. The van der Waals surface area contributed by atoms with E-state index >= 15 is 0 Å². The number of ether oxygens (including phenoxy) is 2. The fourth-order valence-electron chi connectivity index (χ4n) is 2.51. The van der Waals surface area contributed by atoms with Crippen LogP contribution in [-0.2, 0) is 9.53 Å². The monoisotopic (exact) mass is 405 g/mol. The quantitative estimate of drug-likeness (QED) is 0.441. The number of amides is 1. The summed E-state index contributed by atoms with van der Waals surface area (Å²) in [6, 6.07) is 19.5. The molecule has 152 valence electrons. The highest BCUT2D eigenvalue weighted by molar-refractivity contribution is 5.98. The van der Waals surface area contributed by atoms with E-state index in [4.69, 9.17) is 9.47 Å². The van der Waals surface area contributed by atoms with E-state index in [9.17, 15) is 14.7 Å². The molecule has 8 nitrogen and oxygen atoms in total. The van der Waals surface area contributed by atoms with E-state index in [1.807, 2.05) is 0 Å². The Bertz CT molecular complexity index is 1060. The van der Waals surface area contributed by atoms with Gasteiger partial charge in [0.15, 0.2) is 6.61 Å². The van der Waals surface area contributed by atoms with E-state index in [2.05, 4.69) is 15.5 Å². The lowest BCUT2D eigenvalue weighted by Crippen LogP contribution is -2.21. The average Bonchev–Trinajstić information content (AvgIpc) is 2.77. The fraction of sp³-hybridized carbons (Fsp3) is 0.0909. The number of nitrogens with zero attached hydrogens (tertiary/aromatic N) is 2. The first-order chi connectivity index (χ1) is 14.6. The Hall–Kier alpha value is -4.20. The molecular weight excluding hydrogens is 386 g/mol. The van der Waals surface area contributed by atoms with Crippen molar-refractivity contribution in [3.05, 3.63) is 78.4 Å². The number of phenolic OH excluding ortho intramolecular Hbond substituents is 1. The van der Waals surface area contributed by atoms with E-state index in [1.54, 1.807) is 54.6 Å². The molecule has 0 saturated heterocycles. The number of nitrogens with one attached hydrogen (secondary N) is 1. The zero-order valence-electron chi connectivity index (χ0n) is 16.1. The minimum Gasteiger partial charge on any atom is -0.508 e. The van der Waals surface area contributed by atoms with Crippen LogP contribution in [0.3, 0.4) is 0 Å². The second kappa shape index (κ2) is 9.83. The fourth-order valence-corrected chi connectivity index (χ4v) is 2.51. The molecule has 3 rings (SSSR count). The number of azo groups is 1. The summed E-state index contributed by atoms with van der Waals surface area (Å²) < 4.78 is 10.3. The first kappa shape index (κ1) is 20.5. The number of aromatic hydroxyl groups is 1. The van der Waals surface area contributed by atoms with Crippen LogP contribution in [-0.4, -0.2) is 30.7 Å². The van der Waals surface area contributed by atoms with Crippen molar-refractivity contribution in [3.63, 3.8) is 0 Å². The van der Waals surface area contributed by atoms with Crippen molar-refractivity contribution in [2.24, 2.45) is 10.2 Å². The number of hydrogen-bond donors (Lipinski definition) is 2. The number of carbonyl (C=O) groups excluding carboxylic acids is 2. The summed E-state index contributed by atoms with van der Waals surface area (Å²) in [5.41, 5.74) is 1.45. The number of esters is 1. The SMILES string of the molecule is COc1ccccc1NC(=O)COC(=O)c1ccccc1N=Nc1ccc(O)cc1. The van der Waals surface area contributed by atoms with Gasteiger partial charge in [-0.25, -0.2) is 4.79 Å². The van der Waals surface area contributed by atoms with Crippen LogP contribution in [0, 0.1) is 0 Å². The Morgan fingerprint density at radius 3 is 2.40 bits per heavy atom. The minimum atomic E-state index is -0.703. The summed E-state index contributed by atoms with van der Waals surface area (Å²) in [7, 11) is 1.49. The molecule has 1 amide bonds. The van der Waals surface area contributed by atoms with Gasteiger partial charge < -0.3 is 19.9 Å². The van der Waals surface area contributed by atoms with Gasteiger partial charge in [-0.3, -0.25) is 4.79 Å². The van der Waals surface area contributed by atoms with Crippen molar-refractivity contribution < 1.29 is 24.2 Å². The van der Waals surface area contributed by atoms with Crippen molar-refractivity contribution in [3.8, 4) is 11.5 Å². The second-order valence-electron chi connectivity index (χ2n) is 6.06. The highest BCUT2D eigenvalue weighted by atomic mass is 16.5. The molecule has 0 radical (unpaired) electrons. The highest BCUT2D eigenvalue weighted by Crippen LogP contribution is 2.25. The maximum atomic E-state index is 12.4. The topological polar surface area (TPSA) is 110 Å². The van der Waals surface area contributed by atoms with E-state index in [0.29, 0.717) is 22.8 Å². The molecule has 0 heterocycles. The summed E-state index contributed by atoms with van der Waals surface area (Å²) >= 11 is 0. The molecule has 0 unspecified atom stereocenters. The highest BCUT2D eigenvalue weighted by Gasteiger charge is 2.15. The smallest absolute Gasteiger partial charge is 0.340 e. The molecule has 0 saturated carbocycles. The Kier molecular flexibility index (Phi) is 6.73. The summed E-state index contributed by atoms with van der Waals surface area (Å²) in [5.74, 6) is -0.594. The van der Waals surface area contributed by atoms with Gasteiger partial charge in [-0.05, 0) is 48.5 Å². The second-order valence-corrected chi connectivity index (χ2v) is 6.06. The number of rotatable bonds is 7. The zero-order valence-corrected chi connectivity index (χ0v) is 16.1. The lowest BCUT2D eigenvalue weighted by atomic mass is 10.2. The number of hydrogen-bond acceptors (Lipinski definition) is 7. The Morgan fingerprint density at radius 1 is 0.933 bits per heavy atom. The number of benzene rings is 3. The van der Waals surface area contributed by atoms with Crippen LogP contribution in [0.15, 0.2) is 83.0 Å². The Morgan fingerprint density at radius 2 is 1.63 bits per heavy atom. The molecule has 0 aliphatic carbocycles. The van der Waals surface area contributed by atoms with Crippen LogP contribution in [0.25, 0.3) is 0 Å². The minimum absolute atomic E-state index is 0.115. The van der Waals surface area contributed by atoms with Gasteiger partial charge in [-0.2, -0.15) is 5.11 Å². The Balaban J connectivity index is 1.64. The third-order valence-electron chi connectivity index (χ3n) is 3.96. The predicted octanol–water partition coefficient (Wildman–Crippen LogP) is 4.61. The zero-order chi connectivity index (χ0) is 21.3. The summed E-state index contributed by atoms with van der Waals surface area (Å²) in [5, 5.41) is 20.1. The van der Waals surface area contributed by atoms with Crippen LogP contribution in [0.5, 0.6) is 11.5 Å². The molecule has 30 heavy (non-hydrogen) atoms. The molecule has 2 N–H and O–H groups in total. The number of carbonyl (C=O) groups is 2. The van der Waals surface area contributed by atoms with Gasteiger partial charge in [0.05, 0.1) is 24.0 Å². The maximum absolute atomic E-state index is 12.4. The van der Waals surface area contributed by atoms with Gasteiger partial charge in [0.25, 0.3) is 5.91 Å². The van der Waals surface area contributed by atoms with Gasteiger partial charge in [0.1, 0.15) is 17.2 Å². The molecule has 0 spiro atoms. The van der Waals surface area contributed by atoms with Crippen LogP contribution in [0.4, 0.5) is 17.1 Å². The molecule has 0 bridgehead atoms. The van der Waals surface area contributed by atoms with Crippen molar-refractivity contribution in [2.75, 3.05) is 19.0 Å². The molecule has 3 aromatic carbocycles. The van der Waals surface area contributed by atoms with Crippen LogP contribution < -0.4 is 10.1 Å². The molecule has 0 aromatic heterocycles. The van der Waals surface area contributed by atoms with Gasteiger partial charge in [0.2, 0.25) is 0 Å². The molecule has 3 aromatic rings. The molecular formula is C22H19N3O5. The van der Waals surface area contributed by atoms with Gasteiger partial charge in [-0.15, -0.1) is 5.11 Å². The van der Waals surface area contributed by atoms with E-state index in [0.717, 1.165) is 0 Å².